The molecule has 1 saturated carbocycles. The molecule has 3 aromatic heterocycles. The van der Waals surface area contributed by atoms with Crippen molar-refractivity contribution in [2.45, 2.75) is 95.5 Å². The van der Waals surface area contributed by atoms with E-state index in [1.807, 2.05) is 12.1 Å². The molecule has 4 heterocycles. The quantitative estimate of drug-likeness (QED) is 0.0404. The lowest BCUT2D eigenvalue weighted by Gasteiger charge is -2.39. The largest absolute Gasteiger partial charge is 0.468 e. The molecule has 20 heteroatoms. The number of allylic oxidation sites excluding steroid dienone is 1. The van der Waals surface area contributed by atoms with Gasteiger partial charge in [-0.15, -0.1) is 11.3 Å². The van der Waals surface area contributed by atoms with Gasteiger partial charge in [-0.1, -0.05) is 19.4 Å². The molecule has 4 N–H and O–H groups in total. The number of sulfonamides is 1. The van der Waals surface area contributed by atoms with Gasteiger partial charge in [-0.05, 0) is 154 Å². The molecule has 0 unspecified atom stereocenters. The molecule has 9 rings (SSSR count). The predicted octanol–water partition coefficient (Wildman–Crippen LogP) is 11.0. The van der Waals surface area contributed by atoms with Gasteiger partial charge in [0.05, 0.1) is 45.3 Å². The first kappa shape index (κ1) is 54.1. The summed E-state index contributed by atoms with van der Waals surface area (Å²) >= 11 is 1.46. The third kappa shape index (κ3) is 11.8. The number of nitrogens with one attached hydrogen (secondary N) is 3. The molecule has 0 spiro atoms. The molecule has 3 aliphatic rings. The maximum Gasteiger partial charge on any atom is 0.315 e. The summed E-state index contributed by atoms with van der Waals surface area (Å²) in [6.07, 6.45) is 8.57. The monoisotopic (exact) mass is 1080 g/mol. The van der Waals surface area contributed by atoms with Crippen LogP contribution in [0.1, 0.15) is 100 Å². The molecule has 1 saturated heterocycles. The number of pyridine rings is 1. The normalized spacial score (nSPS) is 19.4. The number of aromatic nitrogens is 2. The Bertz CT molecular complexity index is 3330. The lowest BCUT2D eigenvalue weighted by atomic mass is 9.73. The van der Waals surface area contributed by atoms with Crippen LogP contribution in [-0.2, 0) is 25.0 Å². The summed E-state index contributed by atoms with van der Waals surface area (Å²) in [4.78, 5) is 50.5. The number of anilines is 2. The molecule has 2 aliphatic carbocycles. The highest BCUT2D eigenvalue weighted by atomic mass is 32.2. The molecular formula is C56H63F2N7O9S2. The summed E-state index contributed by atoms with van der Waals surface area (Å²) in [6, 6.07) is 16.2. The molecule has 0 atom stereocenters. The van der Waals surface area contributed by atoms with Gasteiger partial charge >= 0.3 is 5.97 Å². The number of nitro benzene ring substituents is 1. The number of methoxy groups -OCH3 is 1. The number of carbonyl (C=O) groups excluding carboxylic acids is 2. The first-order chi connectivity index (χ1) is 36.0. The van der Waals surface area contributed by atoms with Crippen molar-refractivity contribution < 1.29 is 46.3 Å². The lowest BCUT2D eigenvalue weighted by Crippen LogP contribution is -2.47. The van der Waals surface area contributed by atoms with Crippen LogP contribution in [0.2, 0.25) is 0 Å². The van der Waals surface area contributed by atoms with Gasteiger partial charge in [0.1, 0.15) is 34.5 Å². The Balaban J connectivity index is 0.916. The van der Waals surface area contributed by atoms with Crippen molar-refractivity contribution >= 4 is 66.9 Å². The number of aliphatic hydroxyl groups is 1. The summed E-state index contributed by atoms with van der Waals surface area (Å²) in [5.41, 5.74) is 1.90. The van der Waals surface area contributed by atoms with E-state index in [0.717, 1.165) is 54.1 Å². The zero-order valence-electron chi connectivity index (χ0n) is 43.4. The molecular weight excluding hydrogens is 1020 g/mol. The number of carbonyl (C=O) groups is 2. The zero-order valence-corrected chi connectivity index (χ0v) is 45.1. The number of halogens is 2. The Morgan fingerprint density at radius 3 is 2.41 bits per heavy atom. The maximum absolute atomic E-state index is 15.8. The minimum absolute atomic E-state index is 0.0140. The van der Waals surface area contributed by atoms with E-state index in [9.17, 15) is 33.2 Å². The number of fused-ring (bicyclic) bond motifs is 1. The fourth-order valence-electron chi connectivity index (χ4n) is 10.5. The second-order valence-electron chi connectivity index (χ2n) is 21.9. The molecule has 0 radical (unpaired) electrons. The SMILES string of the molecule is COC(=O)C(C)(C)c1cc(F)c(-c2csc(C3=C(CN4CCN(c5ccc(C(=O)NS(=O)(=O)c6ccc(NC[C@H]7CC[C@@](C)(O)CC7)c([N+](=O)[O-])c6)c(Oc6cnc7[nH]ccc7c6)c5)CC4)CCC(C)(C)C3)c2)c(F)c1. The smallest absolute Gasteiger partial charge is 0.315 e. The molecule has 402 valence electrons. The number of esters is 1. The van der Waals surface area contributed by atoms with E-state index in [1.165, 1.54) is 66.1 Å². The van der Waals surface area contributed by atoms with E-state index in [2.05, 4.69) is 43.7 Å². The van der Waals surface area contributed by atoms with Gasteiger partial charge in [-0.3, -0.25) is 24.6 Å². The summed E-state index contributed by atoms with van der Waals surface area (Å²) < 4.78 is 72.5. The second kappa shape index (κ2) is 21.4. The number of rotatable bonds is 16. The molecule has 0 bridgehead atoms. The fourth-order valence-corrected chi connectivity index (χ4v) is 12.4. The number of hydrogen-bond donors (Lipinski definition) is 4. The van der Waals surface area contributed by atoms with Gasteiger partial charge in [0.15, 0.2) is 0 Å². The zero-order chi connectivity index (χ0) is 54.3. The van der Waals surface area contributed by atoms with Gasteiger partial charge in [0, 0.05) is 73.5 Å². The number of piperazine rings is 1. The molecule has 16 nitrogen and oxygen atoms in total. The van der Waals surface area contributed by atoms with Crippen LogP contribution >= 0.6 is 11.3 Å². The lowest BCUT2D eigenvalue weighted by molar-refractivity contribution is -0.384. The number of ether oxygens (including phenoxy) is 2. The highest BCUT2D eigenvalue weighted by Gasteiger charge is 2.35. The third-order valence-electron chi connectivity index (χ3n) is 15.3. The van der Waals surface area contributed by atoms with Gasteiger partial charge in [-0.2, -0.15) is 0 Å². The highest BCUT2D eigenvalue weighted by Crippen LogP contribution is 2.46. The van der Waals surface area contributed by atoms with E-state index in [4.69, 9.17) is 9.47 Å². The van der Waals surface area contributed by atoms with E-state index in [-0.39, 0.29) is 39.5 Å². The van der Waals surface area contributed by atoms with Crippen LogP contribution in [-0.4, -0.2) is 97.2 Å². The molecule has 76 heavy (non-hydrogen) atoms. The molecule has 1 aliphatic heterocycles. The van der Waals surface area contributed by atoms with Crippen LogP contribution in [0.15, 0.2) is 95.0 Å². The van der Waals surface area contributed by atoms with Crippen molar-refractivity contribution in [3.8, 4) is 22.6 Å². The van der Waals surface area contributed by atoms with Gasteiger partial charge in [-0.25, -0.2) is 26.9 Å². The number of nitrogens with zero attached hydrogens (tertiary/aromatic N) is 4. The van der Waals surface area contributed by atoms with Gasteiger partial charge in [0.25, 0.3) is 21.6 Å². The Morgan fingerprint density at radius 2 is 1.71 bits per heavy atom. The number of aromatic amines is 1. The Kier molecular flexibility index (Phi) is 15.2. The number of amides is 1. The number of hydrogen-bond acceptors (Lipinski definition) is 14. The van der Waals surface area contributed by atoms with Crippen LogP contribution in [0.5, 0.6) is 11.5 Å². The minimum Gasteiger partial charge on any atom is -0.468 e. The summed E-state index contributed by atoms with van der Waals surface area (Å²) in [7, 11) is -3.39. The summed E-state index contributed by atoms with van der Waals surface area (Å²) in [5.74, 6) is -2.57. The fraction of sp³-hybridized carbons (Fsp3) is 0.411. The Morgan fingerprint density at radius 1 is 0.987 bits per heavy atom. The van der Waals surface area contributed by atoms with Crippen LogP contribution in [0.3, 0.4) is 0 Å². The molecule has 3 aromatic carbocycles. The number of benzene rings is 3. The van der Waals surface area contributed by atoms with Crippen molar-refractivity contribution in [3.05, 3.63) is 128 Å². The van der Waals surface area contributed by atoms with Crippen molar-refractivity contribution in [1.29, 1.82) is 0 Å². The average molecular weight is 1080 g/mol. The third-order valence-corrected chi connectivity index (χ3v) is 17.6. The van der Waals surface area contributed by atoms with Crippen molar-refractivity contribution in [1.82, 2.24) is 19.6 Å². The van der Waals surface area contributed by atoms with E-state index >= 15 is 8.78 Å². The average Bonchev–Trinajstić information content (AvgIpc) is 4.06. The second-order valence-corrected chi connectivity index (χ2v) is 24.5. The topological polar surface area (TPSA) is 209 Å². The highest BCUT2D eigenvalue weighted by molar-refractivity contribution is 7.90. The first-order valence-electron chi connectivity index (χ1n) is 25.4. The Hall–Kier alpha value is -6.74. The number of nitro groups is 1. The van der Waals surface area contributed by atoms with Crippen molar-refractivity contribution in [2.24, 2.45) is 11.3 Å². The van der Waals surface area contributed by atoms with Crippen LogP contribution in [0.25, 0.3) is 27.7 Å². The van der Waals surface area contributed by atoms with Gasteiger partial charge in [0.2, 0.25) is 0 Å². The predicted molar refractivity (Wildman–Crippen MR) is 289 cm³/mol. The first-order valence-corrected chi connectivity index (χ1v) is 27.8. The molecule has 6 aromatic rings. The maximum atomic E-state index is 15.8. The number of H-pyrrole nitrogens is 1. The Labute approximate surface area is 444 Å². The van der Waals surface area contributed by atoms with Gasteiger partial charge < -0.3 is 29.8 Å². The molecule has 1 amide bonds. The van der Waals surface area contributed by atoms with E-state index < -0.39 is 60.1 Å². The standard InChI is InChI=1S/C56H63F2N7O9S2/c1-54(2)15-13-36(43(29-54)49-24-37(33-75-49)50-44(57)25-38(26-45(50)58)55(3,4)53(67)73-6)32-63-19-21-64(22-20-63)39-7-9-42(48(27-39)74-40-23-35-14-18-59-51(35)61-31-40)52(66)62-76(71,72)41-8-10-46(47(28-41)65(69)70)60-30-34-11-16-56(5,68)17-12-34/h7-10,14,18,23-28,31,33-34,60,68H,11-13,15-17,19-22,29-30,32H2,1-6H3,(H,59,61)(H,62,66)/t34-,56+. The molecule has 2 fully saturated rings. The summed E-state index contributed by atoms with van der Waals surface area (Å²) in [6.45, 7) is 13.1. The number of thiophene rings is 1. The van der Waals surface area contributed by atoms with E-state index in [1.54, 1.807) is 50.5 Å². The van der Waals surface area contributed by atoms with E-state index in [0.29, 0.717) is 69.1 Å². The van der Waals surface area contributed by atoms with Crippen molar-refractivity contribution in [2.75, 3.05) is 56.6 Å². The minimum atomic E-state index is -4.64. The van der Waals surface area contributed by atoms with Crippen molar-refractivity contribution in [3.63, 3.8) is 0 Å². The van der Waals surface area contributed by atoms with Crippen LogP contribution < -0.4 is 19.7 Å². The summed E-state index contributed by atoms with van der Waals surface area (Å²) in [5, 5.41) is 28.2. The van der Waals surface area contributed by atoms with Crippen LogP contribution in [0.4, 0.5) is 25.8 Å². The van der Waals surface area contributed by atoms with Crippen LogP contribution in [0, 0.1) is 33.1 Å².